The first kappa shape index (κ1) is 16.4. The average Bonchev–Trinajstić information content (AvgIpc) is 2.74. The van der Waals surface area contributed by atoms with E-state index in [9.17, 15) is 26.4 Å². The molecule has 0 fully saturated rings. The van der Waals surface area contributed by atoms with Crippen molar-refractivity contribution in [3.8, 4) is 0 Å². The predicted octanol–water partition coefficient (Wildman–Crippen LogP) is 2.33. The third-order valence-corrected chi connectivity index (χ3v) is 5.05. The van der Waals surface area contributed by atoms with Crippen LogP contribution >= 0.6 is 0 Å². The lowest BCUT2D eigenvalue weighted by Gasteiger charge is -2.12. The second kappa shape index (κ2) is 5.04. The number of carboxylic acids is 1. The lowest BCUT2D eigenvalue weighted by molar-refractivity contribution is -0.0607. The maximum Gasteiger partial charge on any atom is 0.430 e. The Bertz CT molecular complexity index is 784. The van der Waals surface area contributed by atoms with Crippen LogP contribution in [0, 0.1) is 0 Å². The molecule has 0 amide bonds. The molecule has 0 spiro atoms. The minimum atomic E-state index is -4.70. The van der Waals surface area contributed by atoms with Gasteiger partial charge < -0.3 is 5.11 Å². The van der Waals surface area contributed by atoms with Gasteiger partial charge in [-0.2, -0.15) is 13.2 Å². The molecule has 0 aliphatic carbocycles. The zero-order chi connectivity index (χ0) is 16.9. The molecule has 1 aromatic heterocycles. The number of carbonyl (C=O) groups is 1. The van der Waals surface area contributed by atoms with Gasteiger partial charge >= 0.3 is 12.1 Å². The monoisotopic (exact) mass is 336 g/mol. The summed E-state index contributed by atoms with van der Waals surface area (Å²) in [5, 5.41) is 9.05. The molecule has 120 valence electrons. The zero-order valence-electron chi connectivity index (χ0n) is 11.5. The number of fused-ring (bicyclic) bond motifs is 1. The standard InChI is InChI=1S/C12H11F3N2O4S/c1-3-22(20,21)7-4-6-5(2)9(12(13,14)15)17-10(6)16-8(7)11(18)19/h4-5H,3H2,1-2H3,(H,18,19). The van der Waals surface area contributed by atoms with Crippen LogP contribution in [0.15, 0.2) is 16.0 Å². The first-order valence-electron chi connectivity index (χ1n) is 6.15. The summed E-state index contributed by atoms with van der Waals surface area (Å²) in [5.41, 5.74) is -2.00. The summed E-state index contributed by atoms with van der Waals surface area (Å²) in [6.07, 6.45) is -4.70. The van der Waals surface area contributed by atoms with Crippen molar-refractivity contribution in [2.45, 2.75) is 30.8 Å². The number of carboxylic acid groups (broad SMARTS) is 1. The van der Waals surface area contributed by atoms with E-state index in [1.54, 1.807) is 0 Å². The molecular weight excluding hydrogens is 325 g/mol. The third kappa shape index (κ3) is 2.58. The fraction of sp³-hybridized carbons (Fsp3) is 0.417. The van der Waals surface area contributed by atoms with Gasteiger partial charge in [0.25, 0.3) is 0 Å². The van der Waals surface area contributed by atoms with Crippen LogP contribution in [0.25, 0.3) is 0 Å². The van der Waals surface area contributed by atoms with Crippen molar-refractivity contribution < 1.29 is 31.5 Å². The molecule has 2 heterocycles. The smallest absolute Gasteiger partial charge is 0.430 e. The van der Waals surface area contributed by atoms with E-state index < -0.39 is 55.8 Å². The number of aromatic carboxylic acids is 1. The highest BCUT2D eigenvalue weighted by Gasteiger charge is 2.44. The van der Waals surface area contributed by atoms with E-state index >= 15 is 0 Å². The Balaban J connectivity index is 2.71. The summed E-state index contributed by atoms with van der Waals surface area (Å²) >= 11 is 0. The molecule has 1 aliphatic heterocycles. The van der Waals surface area contributed by atoms with Crippen molar-refractivity contribution in [3.05, 3.63) is 17.3 Å². The number of alkyl halides is 3. The van der Waals surface area contributed by atoms with Gasteiger partial charge in [0, 0.05) is 11.5 Å². The van der Waals surface area contributed by atoms with E-state index in [2.05, 4.69) is 9.98 Å². The highest BCUT2D eigenvalue weighted by Crippen LogP contribution is 2.41. The van der Waals surface area contributed by atoms with Gasteiger partial charge in [-0.05, 0) is 6.07 Å². The Morgan fingerprint density at radius 3 is 2.45 bits per heavy atom. The SMILES string of the molecule is CCS(=O)(=O)c1cc2c(nc1C(=O)O)N=C(C(F)(F)F)C2C. The summed E-state index contributed by atoms with van der Waals surface area (Å²) in [6.45, 7) is 2.51. The molecule has 0 aromatic carbocycles. The fourth-order valence-electron chi connectivity index (χ4n) is 2.12. The summed E-state index contributed by atoms with van der Waals surface area (Å²) < 4.78 is 62.4. The number of aromatic nitrogens is 1. The first-order valence-corrected chi connectivity index (χ1v) is 7.81. The Kier molecular flexibility index (Phi) is 3.76. The largest absolute Gasteiger partial charge is 0.476 e. The molecule has 0 saturated heterocycles. The van der Waals surface area contributed by atoms with Crippen LogP contribution < -0.4 is 0 Å². The molecule has 2 rings (SSSR count). The van der Waals surface area contributed by atoms with Crippen molar-refractivity contribution in [2.75, 3.05) is 5.75 Å². The molecule has 22 heavy (non-hydrogen) atoms. The van der Waals surface area contributed by atoms with E-state index in [0.29, 0.717) is 0 Å². The number of sulfone groups is 1. The second-order valence-electron chi connectivity index (χ2n) is 4.67. The number of hydrogen-bond acceptors (Lipinski definition) is 5. The number of nitrogens with zero attached hydrogens (tertiary/aromatic N) is 2. The van der Waals surface area contributed by atoms with E-state index in [4.69, 9.17) is 5.11 Å². The average molecular weight is 336 g/mol. The van der Waals surface area contributed by atoms with E-state index in [1.807, 2.05) is 0 Å². The van der Waals surface area contributed by atoms with Crippen LogP contribution in [-0.2, 0) is 9.84 Å². The summed E-state index contributed by atoms with van der Waals surface area (Å²) in [7, 11) is -3.95. The molecule has 6 nitrogen and oxygen atoms in total. The molecule has 1 atom stereocenters. The van der Waals surface area contributed by atoms with Crippen LogP contribution in [0.3, 0.4) is 0 Å². The summed E-state index contributed by atoms with van der Waals surface area (Å²) in [6, 6.07) is 0.928. The van der Waals surface area contributed by atoms with Gasteiger partial charge in [-0.1, -0.05) is 13.8 Å². The Morgan fingerprint density at radius 1 is 1.41 bits per heavy atom. The Hall–Kier alpha value is -1.97. The highest BCUT2D eigenvalue weighted by molar-refractivity contribution is 7.91. The van der Waals surface area contributed by atoms with Gasteiger partial charge in [0.15, 0.2) is 21.3 Å². The number of hydrogen-bond donors (Lipinski definition) is 1. The second-order valence-corrected chi connectivity index (χ2v) is 6.92. The van der Waals surface area contributed by atoms with Crippen LogP contribution in [0.5, 0.6) is 0 Å². The maximum atomic E-state index is 12.8. The minimum absolute atomic E-state index is 0.0515. The number of rotatable bonds is 3. The van der Waals surface area contributed by atoms with Gasteiger partial charge in [0.1, 0.15) is 10.6 Å². The molecule has 10 heteroatoms. The van der Waals surface area contributed by atoms with Crippen LogP contribution in [0.1, 0.15) is 35.8 Å². The van der Waals surface area contributed by atoms with E-state index in [-0.39, 0.29) is 5.56 Å². The maximum absolute atomic E-state index is 12.8. The van der Waals surface area contributed by atoms with Crippen molar-refractivity contribution in [1.82, 2.24) is 4.98 Å². The van der Waals surface area contributed by atoms with Gasteiger partial charge in [-0.3, -0.25) is 0 Å². The number of halogens is 3. The number of aliphatic imine (C=N–C) groups is 1. The molecule has 1 aromatic rings. The third-order valence-electron chi connectivity index (χ3n) is 3.31. The lowest BCUT2D eigenvalue weighted by Crippen LogP contribution is -2.25. The predicted molar refractivity (Wildman–Crippen MR) is 70.5 cm³/mol. The van der Waals surface area contributed by atoms with Crippen LogP contribution in [0.2, 0.25) is 0 Å². The quantitative estimate of drug-likeness (QED) is 0.914. The van der Waals surface area contributed by atoms with Gasteiger partial charge in [-0.15, -0.1) is 0 Å². The normalized spacial score (nSPS) is 18.0. The van der Waals surface area contributed by atoms with Crippen molar-refractivity contribution in [1.29, 1.82) is 0 Å². The molecule has 1 unspecified atom stereocenters. The van der Waals surface area contributed by atoms with Gasteiger partial charge in [-0.25, -0.2) is 23.2 Å². The minimum Gasteiger partial charge on any atom is -0.476 e. The molecular formula is C12H11F3N2O4S. The van der Waals surface area contributed by atoms with E-state index in [0.717, 1.165) is 6.07 Å². The van der Waals surface area contributed by atoms with Gasteiger partial charge in [0.05, 0.1) is 5.75 Å². The Morgan fingerprint density at radius 2 is 2.00 bits per heavy atom. The van der Waals surface area contributed by atoms with Crippen molar-refractivity contribution in [2.24, 2.45) is 4.99 Å². The Labute approximate surface area is 123 Å². The molecule has 1 aliphatic rings. The molecule has 0 saturated carbocycles. The van der Waals surface area contributed by atoms with Crippen molar-refractivity contribution in [3.63, 3.8) is 0 Å². The van der Waals surface area contributed by atoms with Gasteiger partial charge in [0.2, 0.25) is 0 Å². The molecule has 0 bridgehead atoms. The molecule has 1 N–H and O–H groups in total. The summed E-state index contributed by atoms with van der Waals surface area (Å²) in [4.78, 5) is 17.4. The zero-order valence-corrected chi connectivity index (χ0v) is 12.3. The summed E-state index contributed by atoms with van der Waals surface area (Å²) in [5.74, 6) is -3.66. The fourth-order valence-corrected chi connectivity index (χ4v) is 3.17. The topological polar surface area (TPSA) is 96.7 Å². The number of pyridine rings is 1. The van der Waals surface area contributed by atoms with Crippen LogP contribution in [0.4, 0.5) is 19.0 Å². The van der Waals surface area contributed by atoms with Crippen molar-refractivity contribution >= 4 is 27.3 Å². The van der Waals surface area contributed by atoms with Crippen LogP contribution in [-0.4, -0.2) is 42.1 Å². The lowest BCUT2D eigenvalue weighted by atomic mass is 9.99. The first-order chi connectivity index (χ1) is 9.99. The highest BCUT2D eigenvalue weighted by atomic mass is 32.2. The molecule has 0 radical (unpaired) electrons. The van der Waals surface area contributed by atoms with E-state index in [1.165, 1.54) is 13.8 Å².